The third-order valence-electron chi connectivity index (χ3n) is 4.02. The molecule has 3 rings (SSSR count). The number of benzene rings is 1. The number of amides is 2. The number of anilines is 1. The van der Waals surface area contributed by atoms with E-state index in [1.807, 2.05) is 36.1 Å². The van der Waals surface area contributed by atoms with Crippen LogP contribution in [-0.4, -0.2) is 50.4 Å². The second kappa shape index (κ2) is 7.44. The van der Waals surface area contributed by atoms with E-state index in [4.69, 9.17) is 5.11 Å². The molecule has 0 saturated heterocycles. The number of rotatable bonds is 7. The zero-order valence-electron chi connectivity index (χ0n) is 13.8. The Balaban J connectivity index is 1.67. The van der Waals surface area contributed by atoms with Gasteiger partial charge in [-0.25, -0.2) is 9.78 Å². The van der Waals surface area contributed by atoms with Gasteiger partial charge in [0.15, 0.2) is 5.82 Å². The summed E-state index contributed by atoms with van der Waals surface area (Å²) in [6.45, 7) is 2.69. The highest BCUT2D eigenvalue weighted by Gasteiger charge is 2.32. The average molecular weight is 329 g/mol. The predicted octanol–water partition coefficient (Wildman–Crippen LogP) is 2.55. The fourth-order valence-electron chi connectivity index (χ4n) is 2.63. The molecule has 1 aromatic heterocycles. The van der Waals surface area contributed by atoms with Gasteiger partial charge in [0.1, 0.15) is 5.82 Å². The molecular formula is C17H23N5O2. The molecule has 7 heteroatoms. The fourth-order valence-corrected chi connectivity index (χ4v) is 2.63. The molecule has 1 saturated carbocycles. The average Bonchev–Trinajstić information content (AvgIpc) is 3.32. The molecule has 7 nitrogen and oxygen atoms in total. The molecule has 1 fully saturated rings. The van der Waals surface area contributed by atoms with Crippen LogP contribution >= 0.6 is 0 Å². The number of H-pyrrole nitrogens is 1. The minimum Gasteiger partial charge on any atom is -0.396 e. The van der Waals surface area contributed by atoms with E-state index in [1.54, 1.807) is 0 Å². The van der Waals surface area contributed by atoms with E-state index in [1.165, 1.54) is 0 Å². The lowest BCUT2D eigenvalue weighted by Gasteiger charge is -2.22. The van der Waals surface area contributed by atoms with Gasteiger partial charge >= 0.3 is 6.03 Å². The van der Waals surface area contributed by atoms with Crippen molar-refractivity contribution in [2.45, 2.75) is 38.6 Å². The number of nitrogens with zero attached hydrogens (tertiary/aromatic N) is 3. The van der Waals surface area contributed by atoms with E-state index >= 15 is 0 Å². The number of aromatic amines is 1. The molecule has 3 N–H and O–H groups in total. The molecule has 128 valence electrons. The number of aliphatic hydroxyl groups excluding tert-OH is 1. The largest absolute Gasteiger partial charge is 0.396 e. The van der Waals surface area contributed by atoms with Gasteiger partial charge in [-0.1, -0.05) is 12.1 Å². The van der Waals surface area contributed by atoms with Crippen LogP contribution in [0.4, 0.5) is 10.5 Å². The van der Waals surface area contributed by atoms with Crippen LogP contribution in [0.25, 0.3) is 11.4 Å². The van der Waals surface area contributed by atoms with Gasteiger partial charge in [0.05, 0.1) is 0 Å². The maximum atomic E-state index is 12.6. The Morgan fingerprint density at radius 3 is 2.92 bits per heavy atom. The van der Waals surface area contributed by atoms with Gasteiger partial charge in [0, 0.05) is 30.4 Å². The fraction of sp³-hybridized carbons (Fsp3) is 0.471. The van der Waals surface area contributed by atoms with Crippen LogP contribution < -0.4 is 5.32 Å². The first-order valence-electron chi connectivity index (χ1n) is 8.35. The Hall–Kier alpha value is -2.41. The number of aromatic nitrogens is 3. The molecule has 1 aliphatic carbocycles. The number of aliphatic hydroxyl groups is 1. The standard InChI is InChI=1S/C17H23N5O2/c1-12-18-16(21-20-12)13-5-4-6-14(11-13)19-17(24)22(15-7-8-15)9-2-3-10-23/h4-6,11,15,23H,2-3,7-10H2,1H3,(H,19,24)(H,18,20,21). The zero-order chi connectivity index (χ0) is 16.9. The Morgan fingerprint density at radius 1 is 1.42 bits per heavy atom. The predicted molar refractivity (Wildman–Crippen MR) is 91.6 cm³/mol. The Morgan fingerprint density at radius 2 is 2.25 bits per heavy atom. The summed E-state index contributed by atoms with van der Waals surface area (Å²) in [5, 5.41) is 18.8. The quantitative estimate of drug-likeness (QED) is 0.680. The van der Waals surface area contributed by atoms with Gasteiger partial charge in [-0.3, -0.25) is 5.10 Å². The maximum Gasteiger partial charge on any atom is 0.322 e. The van der Waals surface area contributed by atoms with Crippen molar-refractivity contribution in [3.8, 4) is 11.4 Å². The van der Waals surface area contributed by atoms with Crippen molar-refractivity contribution in [1.82, 2.24) is 20.1 Å². The smallest absolute Gasteiger partial charge is 0.322 e. The zero-order valence-corrected chi connectivity index (χ0v) is 13.8. The first-order valence-corrected chi connectivity index (χ1v) is 8.35. The molecule has 0 aliphatic heterocycles. The molecule has 24 heavy (non-hydrogen) atoms. The first-order chi connectivity index (χ1) is 11.7. The van der Waals surface area contributed by atoms with E-state index in [0.29, 0.717) is 18.4 Å². The molecule has 1 aliphatic rings. The van der Waals surface area contributed by atoms with E-state index in [9.17, 15) is 4.79 Å². The molecular weight excluding hydrogens is 306 g/mol. The van der Waals surface area contributed by atoms with Gasteiger partial charge in [0.2, 0.25) is 0 Å². The monoisotopic (exact) mass is 329 g/mol. The summed E-state index contributed by atoms with van der Waals surface area (Å²) in [4.78, 5) is 18.7. The van der Waals surface area contributed by atoms with Crippen molar-refractivity contribution < 1.29 is 9.90 Å². The minimum atomic E-state index is -0.0845. The number of nitrogens with one attached hydrogen (secondary N) is 2. The number of hydrogen-bond acceptors (Lipinski definition) is 4. The third-order valence-corrected chi connectivity index (χ3v) is 4.02. The minimum absolute atomic E-state index is 0.0845. The van der Waals surface area contributed by atoms with Crippen LogP contribution in [0.1, 0.15) is 31.5 Å². The van der Waals surface area contributed by atoms with Crippen LogP contribution in [0.15, 0.2) is 24.3 Å². The summed E-state index contributed by atoms with van der Waals surface area (Å²) in [6.07, 6.45) is 3.65. The van der Waals surface area contributed by atoms with Crippen molar-refractivity contribution in [1.29, 1.82) is 0 Å². The van der Waals surface area contributed by atoms with E-state index < -0.39 is 0 Å². The normalized spacial score (nSPS) is 13.8. The topological polar surface area (TPSA) is 94.1 Å². The summed E-state index contributed by atoms with van der Waals surface area (Å²) < 4.78 is 0. The summed E-state index contributed by atoms with van der Waals surface area (Å²) in [5.41, 5.74) is 1.59. The van der Waals surface area contributed by atoms with Gasteiger partial charge in [-0.05, 0) is 44.7 Å². The summed E-state index contributed by atoms with van der Waals surface area (Å²) in [6, 6.07) is 7.78. The number of aryl methyl sites for hydroxylation is 1. The van der Waals surface area contributed by atoms with E-state index in [2.05, 4.69) is 20.5 Å². The molecule has 0 unspecified atom stereocenters. The molecule has 0 bridgehead atoms. The lowest BCUT2D eigenvalue weighted by Crippen LogP contribution is -2.37. The molecule has 2 aromatic rings. The number of hydrogen-bond donors (Lipinski definition) is 3. The first kappa shape index (κ1) is 16.4. The lowest BCUT2D eigenvalue weighted by atomic mass is 10.2. The van der Waals surface area contributed by atoms with Crippen LogP contribution in [0.2, 0.25) is 0 Å². The Labute approximate surface area is 141 Å². The molecule has 0 atom stereocenters. The van der Waals surface area contributed by atoms with Gasteiger partial charge in [0.25, 0.3) is 0 Å². The van der Waals surface area contributed by atoms with Crippen molar-refractivity contribution in [3.05, 3.63) is 30.1 Å². The maximum absolute atomic E-state index is 12.6. The molecule has 0 spiro atoms. The highest BCUT2D eigenvalue weighted by molar-refractivity contribution is 5.90. The molecule has 1 heterocycles. The lowest BCUT2D eigenvalue weighted by molar-refractivity contribution is 0.204. The molecule has 1 aromatic carbocycles. The number of carbonyl (C=O) groups excluding carboxylic acids is 1. The van der Waals surface area contributed by atoms with E-state index in [-0.39, 0.29) is 12.6 Å². The highest BCUT2D eigenvalue weighted by Crippen LogP contribution is 2.28. The molecule has 0 radical (unpaired) electrons. The second-order valence-corrected chi connectivity index (χ2v) is 6.11. The number of carbonyl (C=O) groups is 1. The SMILES string of the molecule is Cc1nc(-c2cccc(NC(=O)N(CCCCO)C3CC3)c2)n[nH]1. The number of unbranched alkanes of at least 4 members (excludes halogenated alkanes) is 1. The summed E-state index contributed by atoms with van der Waals surface area (Å²) in [5.74, 6) is 1.37. The van der Waals surface area contributed by atoms with Gasteiger partial charge in [-0.15, -0.1) is 0 Å². The number of urea groups is 1. The van der Waals surface area contributed by atoms with Crippen LogP contribution in [0.5, 0.6) is 0 Å². The Kier molecular flexibility index (Phi) is 5.10. The molecule has 2 amide bonds. The van der Waals surface area contributed by atoms with Crippen molar-refractivity contribution >= 4 is 11.7 Å². The van der Waals surface area contributed by atoms with E-state index in [0.717, 1.165) is 42.8 Å². The van der Waals surface area contributed by atoms with Crippen molar-refractivity contribution in [3.63, 3.8) is 0 Å². The Bertz CT molecular complexity index is 696. The van der Waals surface area contributed by atoms with Crippen molar-refractivity contribution in [2.75, 3.05) is 18.5 Å². The third kappa shape index (κ3) is 4.11. The van der Waals surface area contributed by atoms with Crippen LogP contribution in [0.3, 0.4) is 0 Å². The van der Waals surface area contributed by atoms with Gasteiger partial charge < -0.3 is 15.3 Å². The summed E-state index contributed by atoms with van der Waals surface area (Å²) >= 11 is 0. The van der Waals surface area contributed by atoms with Crippen LogP contribution in [0, 0.1) is 6.92 Å². The van der Waals surface area contributed by atoms with Crippen molar-refractivity contribution in [2.24, 2.45) is 0 Å². The summed E-state index contributed by atoms with van der Waals surface area (Å²) in [7, 11) is 0. The highest BCUT2D eigenvalue weighted by atomic mass is 16.3. The second-order valence-electron chi connectivity index (χ2n) is 6.11. The van der Waals surface area contributed by atoms with Crippen LogP contribution in [-0.2, 0) is 0 Å². The van der Waals surface area contributed by atoms with Gasteiger partial charge in [-0.2, -0.15) is 5.10 Å².